The summed E-state index contributed by atoms with van der Waals surface area (Å²) in [4.78, 5) is 0. The Hall–Kier alpha value is -1.09. The molecular weight excluding hydrogens is 231 g/mol. The molecule has 1 aliphatic carbocycles. The Morgan fingerprint density at radius 1 is 1.39 bits per heavy atom. The van der Waals surface area contributed by atoms with Crippen LogP contribution in [0.3, 0.4) is 0 Å². The van der Waals surface area contributed by atoms with E-state index in [4.69, 9.17) is 4.74 Å². The molecule has 2 unspecified atom stereocenters. The summed E-state index contributed by atoms with van der Waals surface area (Å²) in [6.45, 7) is 2.23. The number of hydrogen-bond acceptors (Lipinski definition) is 2. The summed E-state index contributed by atoms with van der Waals surface area (Å²) in [6, 6.07) is 4.43. The van der Waals surface area contributed by atoms with E-state index in [1.54, 1.807) is 6.07 Å². The molecule has 1 fully saturated rings. The molecule has 0 saturated heterocycles. The first-order chi connectivity index (χ1) is 8.58. The van der Waals surface area contributed by atoms with Gasteiger partial charge in [-0.3, -0.25) is 0 Å². The molecule has 1 aliphatic heterocycles. The quantitative estimate of drug-likeness (QED) is 0.762. The third-order valence-corrected chi connectivity index (χ3v) is 4.27. The molecule has 1 heterocycles. The molecule has 0 aromatic heterocycles. The summed E-state index contributed by atoms with van der Waals surface area (Å²) in [6.07, 6.45) is 4.34. The van der Waals surface area contributed by atoms with Gasteiger partial charge in [0.25, 0.3) is 0 Å². The van der Waals surface area contributed by atoms with Crippen molar-refractivity contribution >= 4 is 0 Å². The highest BCUT2D eigenvalue weighted by Gasteiger charge is 2.43. The second-order valence-corrected chi connectivity index (χ2v) is 5.89. The lowest BCUT2D eigenvalue weighted by molar-refractivity contribution is -0.0497. The van der Waals surface area contributed by atoms with Crippen molar-refractivity contribution in [2.75, 3.05) is 0 Å². The van der Waals surface area contributed by atoms with Crippen molar-refractivity contribution < 1.29 is 14.2 Å². The van der Waals surface area contributed by atoms with Crippen LogP contribution in [-0.2, 0) is 0 Å². The van der Waals surface area contributed by atoms with E-state index in [2.05, 4.69) is 6.92 Å². The topological polar surface area (TPSA) is 29.5 Å². The van der Waals surface area contributed by atoms with Crippen LogP contribution in [0.5, 0.6) is 5.75 Å². The number of rotatable bonds is 0. The lowest BCUT2D eigenvalue weighted by Gasteiger charge is -2.45. The van der Waals surface area contributed by atoms with Crippen LogP contribution < -0.4 is 4.74 Å². The van der Waals surface area contributed by atoms with Gasteiger partial charge < -0.3 is 9.84 Å². The molecule has 3 rings (SSSR count). The van der Waals surface area contributed by atoms with Crippen LogP contribution in [0.25, 0.3) is 0 Å². The first-order valence-corrected chi connectivity index (χ1v) is 6.74. The molecule has 0 amide bonds. The van der Waals surface area contributed by atoms with E-state index in [-0.39, 0.29) is 11.4 Å². The Balaban J connectivity index is 1.93. The molecule has 1 N–H and O–H groups in total. The molecule has 0 radical (unpaired) electrons. The largest absolute Gasteiger partial charge is 0.487 e. The van der Waals surface area contributed by atoms with E-state index in [0.29, 0.717) is 23.7 Å². The smallest absolute Gasteiger partial charge is 0.126 e. The molecule has 1 spiro atoms. The van der Waals surface area contributed by atoms with Crippen LogP contribution in [0.15, 0.2) is 18.2 Å². The Bertz CT molecular complexity index is 460. The Morgan fingerprint density at radius 2 is 2.22 bits per heavy atom. The molecule has 2 aliphatic rings. The highest BCUT2D eigenvalue weighted by atomic mass is 19.1. The standard InChI is InChI=1S/C15H19FO2/c1-10-3-2-6-15(8-10)9-13(17)12-7-11(16)4-5-14(12)18-15/h4-5,7,10,13,17H,2-3,6,8-9H2,1H3/t10?,13-,15?/m1/s1. The van der Waals surface area contributed by atoms with Gasteiger partial charge in [-0.2, -0.15) is 0 Å². The van der Waals surface area contributed by atoms with Crippen LogP contribution in [0, 0.1) is 11.7 Å². The predicted octanol–water partition coefficient (Wildman–Crippen LogP) is 3.59. The first kappa shape index (κ1) is 12.0. The third-order valence-electron chi connectivity index (χ3n) is 4.27. The number of aliphatic hydroxyl groups excluding tert-OH is 1. The van der Waals surface area contributed by atoms with Gasteiger partial charge in [-0.05, 0) is 43.4 Å². The summed E-state index contributed by atoms with van der Waals surface area (Å²) in [5.74, 6) is 0.974. The van der Waals surface area contributed by atoms with Crippen molar-refractivity contribution in [3.05, 3.63) is 29.6 Å². The van der Waals surface area contributed by atoms with Crippen LogP contribution in [0.1, 0.15) is 50.7 Å². The molecule has 3 atom stereocenters. The van der Waals surface area contributed by atoms with Crippen molar-refractivity contribution in [2.24, 2.45) is 5.92 Å². The van der Waals surface area contributed by atoms with Crippen molar-refractivity contribution in [1.82, 2.24) is 0 Å². The Labute approximate surface area is 107 Å². The normalized spacial score (nSPS) is 35.1. The van der Waals surface area contributed by atoms with Gasteiger partial charge in [0, 0.05) is 12.0 Å². The summed E-state index contributed by atoms with van der Waals surface area (Å²) >= 11 is 0. The van der Waals surface area contributed by atoms with Crippen LogP contribution >= 0.6 is 0 Å². The van der Waals surface area contributed by atoms with Gasteiger partial charge >= 0.3 is 0 Å². The minimum absolute atomic E-state index is 0.234. The van der Waals surface area contributed by atoms with Crippen LogP contribution in [-0.4, -0.2) is 10.7 Å². The molecule has 3 heteroatoms. The van der Waals surface area contributed by atoms with Crippen molar-refractivity contribution in [3.8, 4) is 5.75 Å². The minimum atomic E-state index is -0.602. The second-order valence-electron chi connectivity index (χ2n) is 5.89. The minimum Gasteiger partial charge on any atom is -0.487 e. The monoisotopic (exact) mass is 250 g/mol. The van der Waals surface area contributed by atoms with E-state index in [1.807, 2.05) is 0 Å². The zero-order valence-electron chi connectivity index (χ0n) is 10.7. The summed E-state index contributed by atoms with van der Waals surface area (Å²) in [5.41, 5.74) is 0.362. The molecule has 98 valence electrons. The lowest BCUT2D eigenvalue weighted by atomic mass is 9.74. The first-order valence-electron chi connectivity index (χ1n) is 6.74. The van der Waals surface area contributed by atoms with E-state index < -0.39 is 6.10 Å². The van der Waals surface area contributed by atoms with Gasteiger partial charge in [0.15, 0.2) is 0 Å². The summed E-state index contributed by atoms with van der Waals surface area (Å²) < 4.78 is 19.3. The van der Waals surface area contributed by atoms with Gasteiger partial charge in [0.05, 0.1) is 6.10 Å². The lowest BCUT2D eigenvalue weighted by Crippen LogP contribution is -2.44. The van der Waals surface area contributed by atoms with Gasteiger partial charge in [-0.15, -0.1) is 0 Å². The van der Waals surface area contributed by atoms with Gasteiger partial charge in [0.2, 0.25) is 0 Å². The van der Waals surface area contributed by atoms with Gasteiger partial charge in [-0.1, -0.05) is 13.3 Å². The number of halogens is 1. The maximum Gasteiger partial charge on any atom is 0.126 e. The highest BCUT2D eigenvalue weighted by Crippen LogP contribution is 2.47. The average molecular weight is 250 g/mol. The number of fused-ring (bicyclic) bond motifs is 1. The van der Waals surface area contributed by atoms with Crippen molar-refractivity contribution in [2.45, 2.75) is 50.7 Å². The molecule has 2 nitrogen and oxygen atoms in total. The SMILES string of the molecule is CC1CCCC2(C1)C[C@@H](O)c1cc(F)ccc1O2. The number of benzene rings is 1. The average Bonchev–Trinajstić information content (AvgIpc) is 2.30. The molecular formula is C15H19FO2. The Morgan fingerprint density at radius 3 is 3.00 bits per heavy atom. The third kappa shape index (κ3) is 2.01. The maximum absolute atomic E-state index is 13.2. The fourth-order valence-electron chi connectivity index (χ4n) is 3.50. The van der Waals surface area contributed by atoms with Crippen LogP contribution in [0.4, 0.5) is 4.39 Å². The second kappa shape index (κ2) is 4.23. The maximum atomic E-state index is 13.2. The molecule has 1 aromatic rings. The fraction of sp³-hybridized carbons (Fsp3) is 0.600. The molecule has 1 aromatic carbocycles. The fourth-order valence-corrected chi connectivity index (χ4v) is 3.50. The van der Waals surface area contributed by atoms with Crippen molar-refractivity contribution in [1.29, 1.82) is 0 Å². The Kier molecular flexibility index (Phi) is 2.81. The van der Waals surface area contributed by atoms with Gasteiger partial charge in [-0.25, -0.2) is 4.39 Å². The van der Waals surface area contributed by atoms with E-state index in [9.17, 15) is 9.50 Å². The van der Waals surface area contributed by atoms with E-state index in [1.165, 1.54) is 18.6 Å². The molecule has 18 heavy (non-hydrogen) atoms. The van der Waals surface area contributed by atoms with Gasteiger partial charge in [0.1, 0.15) is 17.2 Å². The van der Waals surface area contributed by atoms with Crippen LogP contribution in [0.2, 0.25) is 0 Å². The van der Waals surface area contributed by atoms with Crippen molar-refractivity contribution in [3.63, 3.8) is 0 Å². The molecule has 0 bridgehead atoms. The number of ether oxygens (including phenoxy) is 1. The zero-order valence-corrected chi connectivity index (χ0v) is 10.7. The molecule has 1 saturated carbocycles. The number of hydrogen-bond donors (Lipinski definition) is 1. The van der Waals surface area contributed by atoms with E-state index in [0.717, 1.165) is 19.3 Å². The number of aliphatic hydroxyl groups is 1. The predicted molar refractivity (Wildman–Crippen MR) is 67.0 cm³/mol. The summed E-state index contributed by atoms with van der Waals surface area (Å²) in [5, 5.41) is 10.2. The zero-order chi connectivity index (χ0) is 12.8. The highest BCUT2D eigenvalue weighted by molar-refractivity contribution is 5.38. The summed E-state index contributed by atoms with van der Waals surface area (Å²) in [7, 11) is 0. The van der Waals surface area contributed by atoms with E-state index >= 15 is 0 Å².